The number of H-pyrrole nitrogens is 1. The predicted octanol–water partition coefficient (Wildman–Crippen LogP) is 0.477. The molecule has 0 amide bonds. The van der Waals surface area contributed by atoms with Crippen molar-refractivity contribution in [3.63, 3.8) is 0 Å². The van der Waals surface area contributed by atoms with Crippen molar-refractivity contribution >= 4 is 15.8 Å². The lowest BCUT2D eigenvalue weighted by atomic mass is 10.1. The summed E-state index contributed by atoms with van der Waals surface area (Å²) in [5, 5.41) is 15.4. The van der Waals surface area contributed by atoms with Crippen molar-refractivity contribution in [2.24, 2.45) is 0 Å². The molecular weight excluding hydrogens is 258 g/mol. The fourth-order valence-electron chi connectivity index (χ4n) is 1.38. The zero-order valence-corrected chi connectivity index (χ0v) is 9.88. The highest BCUT2D eigenvalue weighted by atomic mass is 32.2. The van der Waals surface area contributed by atoms with Gasteiger partial charge in [-0.2, -0.15) is 0 Å². The van der Waals surface area contributed by atoms with E-state index in [0.29, 0.717) is 5.56 Å². The van der Waals surface area contributed by atoms with Gasteiger partial charge in [0.25, 0.3) is 0 Å². The number of carboxylic acids is 1. The van der Waals surface area contributed by atoms with Crippen molar-refractivity contribution in [1.29, 1.82) is 0 Å². The number of sulfone groups is 1. The molecule has 2 aromatic rings. The van der Waals surface area contributed by atoms with Crippen LogP contribution in [0.15, 0.2) is 35.7 Å². The third kappa shape index (κ3) is 2.54. The highest BCUT2D eigenvalue weighted by Crippen LogP contribution is 2.12. The van der Waals surface area contributed by atoms with E-state index in [4.69, 9.17) is 5.11 Å². The van der Waals surface area contributed by atoms with Crippen molar-refractivity contribution < 1.29 is 18.3 Å². The van der Waals surface area contributed by atoms with Crippen LogP contribution in [0.25, 0.3) is 0 Å². The molecule has 0 aliphatic rings. The molecule has 0 unspecified atom stereocenters. The lowest BCUT2D eigenvalue weighted by Crippen LogP contribution is -2.07. The first-order valence-electron chi connectivity index (χ1n) is 4.90. The number of aromatic amines is 1. The van der Waals surface area contributed by atoms with Crippen LogP contribution in [0.5, 0.6) is 0 Å². The maximum absolute atomic E-state index is 11.8. The molecule has 0 fully saturated rings. The van der Waals surface area contributed by atoms with Gasteiger partial charge >= 0.3 is 5.97 Å². The van der Waals surface area contributed by atoms with Gasteiger partial charge in [0.2, 0.25) is 15.0 Å². The Kier molecular flexibility index (Phi) is 3.11. The Balaban J connectivity index is 2.22. The molecule has 7 nitrogen and oxygen atoms in total. The van der Waals surface area contributed by atoms with E-state index in [1.807, 2.05) is 0 Å². The summed E-state index contributed by atoms with van der Waals surface area (Å²) in [6, 6.07) is 5.62. The van der Waals surface area contributed by atoms with Crippen molar-refractivity contribution in [2.75, 3.05) is 0 Å². The summed E-state index contributed by atoms with van der Waals surface area (Å²) in [6.07, 6.45) is 1.18. The lowest BCUT2D eigenvalue weighted by Gasteiger charge is -2.01. The first-order chi connectivity index (χ1) is 8.49. The van der Waals surface area contributed by atoms with E-state index in [-0.39, 0.29) is 16.5 Å². The van der Waals surface area contributed by atoms with E-state index < -0.39 is 15.8 Å². The third-order valence-corrected chi connectivity index (χ3v) is 3.75. The largest absolute Gasteiger partial charge is 0.478 e. The van der Waals surface area contributed by atoms with Gasteiger partial charge in [-0.25, -0.2) is 13.2 Å². The SMILES string of the molecule is O=C(O)c1ccc(CS(=O)(=O)c2nnc[nH]2)cc1. The molecule has 0 saturated heterocycles. The number of nitrogens with zero attached hydrogens (tertiary/aromatic N) is 2. The summed E-state index contributed by atoms with van der Waals surface area (Å²) in [7, 11) is -3.58. The minimum atomic E-state index is -3.58. The third-order valence-electron chi connectivity index (χ3n) is 2.25. The number of carboxylic acid groups (broad SMARTS) is 1. The molecule has 2 rings (SSSR count). The molecule has 1 aromatic heterocycles. The van der Waals surface area contributed by atoms with Gasteiger partial charge in [-0.3, -0.25) is 0 Å². The average Bonchev–Trinajstić information content (AvgIpc) is 2.83. The molecule has 94 valence electrons. The molecule has 0 spiro atoms. The molecule has 0 saturated carbocycles. The predicted molar refractivity (Wildman–Crippen MR) is 60.7 cm³/mol. The Morgan fingerprint density at radius 2 is 1.94 bits per heavy atom. The Hall–Kier alpha value is -2.22. The number of carbonyl (C=O) groups is 1. The summed E-state index contributed by atoms with van der Waals surface area (Å²) >= 11 is 0. The van der Waals surface area contributed by atoms with Gasteiger partial charge in [-0.15, -0.1) is 10.2 Å². The molecule has 0 bridgehead atoms. The van der Waals surface area contributed by atoms with Crippen LogP contribution in [-0.4, -0.2) is 34.7 Å². The van der Waals surface area contributed by atoms with E-state index in [1.165, 1.54) is 30.6 Å². The summed E-state index contributed by atoms with van der Waals surface area (Å²) in [6.45, 7) is 0. The smallest absolute Gasteiger partial charge is 0.335 e. The Morgan fingerprint density at radius 1 is 1.28 bits per heavy atom. The minimum Gasteiger partial charge on any atom is -0.478 e. The average molecular weight is 267 g/mol. The summed E-state index contributed by atoms with van der Waals surface area (Å²) in [5.74, 6) is -1.32. The quantitative estimate of drug-likeness (QED) is 0.832. The van der Waals surface area contributed by atoms with Crippen molar-refractivity contribution in [1.82, 2.24) is 15.2 Å². The maximum Gasteiger partial charge on any atom is 0.335 e. The number of nitrogens with one attached hydrogen (secondary N) is 1. The van der Waals surface area contributed by atoms with Crippen LogP contribution in [0.1, 0.15) is 15.9 Å². The number of benzene rings is 1. The van der Waals surface area contributed by atoms with Crippen molar-refractivity contribution in [3.05, 3.63) is 41.7 Å². The van der Waals surface area contributed by atoms with E-state index in [1.54, 1.807) is 0 Å². The minimum absolute atomic E-state index is 0.107. The van der Waals surface area contributed by atoms with Crippen LogP contribution >= 0.6 is 0 Å². The zero-order valence-electron chi connectivity index (χ0n) is 9.07. The highest BCUT2D eigenvalue weighted by molar-refractivity contribution is 7.90. The molecule has 18 heavy (non-hydrogen) atoms. The molecule has 8 heteroatoms. The first-order valence-corrected chi connectivity index (χ1v) is 6.55. The normalized spacial score (nSPS) is 11.3. The second-order valence-electron chi connectivity index (χ2n) is 3.56. The second-order valence-corrected chi connectivity index (χ2v) is 5.46. The van der Waals surface area contributed by atoms with E-state index in [2.05, 4.69) is 15.2 Å². The fraction of sp³-hybridized carbons (Fsp3) is 0.100. The van der Waals surface area contributed by atoms with Crippen LogP contribution in [0.4, 0.5) is 0 Å². The summed E-state index contributed by atoms with van der Waals surface area (Å²) < 4.78 is 23.7. The summed E-state index contributed by atoms with van der Waals surface area (Å²) in [5.41, 5.74) is 0.590. The maximum atomic E-state index is 11.8. The van der Waals surface area contributed by atoms with E-state index in [9.17, 15) is 13.2 Å². The number of hydrogen-bond acceptors (Lipinski definition) is 5. The van der Waals surface area contributed by atoms with Gasteiger partial charge in [0.1, 0.15) is 6.33 Å². The fourth-order valence-corrected chi connectivity index (χ4v) is 2.55. The molecule has 0 aliphatic heterocycles. The van der Waals surface area contributed by atoms with Gasteiger partial charge in [0, 0.05) is 0 Å². The number of aromatic nitrogens is 3. The van der Waals surface area contributed by atoms with Gasteiger partial charge in [-0.1, -0.05) is 12.1 Å². The van der Waals surface area contributed by atoms with Crippen LogP contribution in [-0.2, 0) is 15.6 Å². The zero-order chi connectivity index (χ0) is 13.2. The topological polar surface area (TPSA) is 113 Å². The molecule has 0 aliphatic carbocycles. The van der Waals surface area contributed by atoms with Gasteiger partial charge in [-0.05, 0) is 17.7 Å². The molecule has 0 atom stereocenters. The molecule has 1 aromatic carbocycles. The van der Waals surface area contributed by atoms with Crippen LogP contribution < -0.4 is 0 Å². The van der Waals surface area contributed by atoms with Crippen LogP contribution in [0.2, 0.25) is 0 Å². The Bertz CT molecular complexity index is 647. The standard InChI is InChI=1S/C10H9N3O4S/c14-9(15)8-3-1-7(2-4-8)5-18(16,17)10-11-6-12-13-10/h1-4,6H,5H2,(H,14,15)(H,11,12,13). The summed E-state index contributed by atoms with van der Waals surface area (Å²) in [4.78, 5) is 13.1. The van der Waals surface area contributed by atoms with Gasteiger partial charge in [0.05, 0.1) is 11.3 Å². The molecule has 2 N–H and O–H groups in total. The van der Waals surface area contributed by atoms with Gasteiger partial charge < -0.3 is 10.1 Å². The Labute approximate surface area is 102 Å². The van der Waals surface area contributed by atoms with Crippen LogP contribution in [0.3, 0.4) is 0 Å². The molecule has 0 radical (unpaired) electrons. The van der Waals surface area contributed by atoms with Gasteiger partial charge in [0.15, 0.2) is 0 Å². The van der Waals surface area contributed by atoms with Crippen molar-refractivity contribution in [3.8, 4) is 0 Å². The Morgan fingerprint density at radius 3 is 2.44 bits per heavy atom. The number of aromatic carboxylic acids is 1. The van der Waals surface area contributed by atoms with E-state index in [0.717, 1.165) is 0 Å². The second kappa shape index (κ2) is 4.57. The highest BCUT2D eigenvalue weighted by Gasteiger charge is 2.18. The van der Waals surface area contributed by atoms with Crippen LogP contribution in [0, 0.1) is 0 Å². The first kappa shape index (κ1) is 12.2. The number of hydrogen-bond donors (Lipinski definition) is 2. The number of rotatable bonds is 4. The van der Waals surface area contributed by atoms with Crippen molar-refractivity contribution in [2.45, 2.75) is 10.9 Å². The molecule has 1 heterocycles. The monoisotopic (exact) mass is 267 g/mol. The molecular formula is C10H9N3O4S. The van der Waals surface area contributed by atoms with E-state index >= 15 is 0 Å². The lowest BCUT2D eigenvalue weighted by molar-refractivity contribution is 0.0697.